The Hall–Kier alpha value is -1.08. The van der Waals surface area contributed by atoms with Crippen LogP contribution < -0.4 is 0 Å². The van der Waals surface area contributed by atoms with Gasteiger partial charge in [-0.25, -0.2) is 4.79 Å². The van der Waals surface area contributed by atoms with Gasteiger partial charge in [-0.15, -0.1) is 11.3 Å². The van der Waals surface area contributed by atoms with E-state index in [-0.39, 0.29) is 24.1 Å². The second-order valence-corrected chi connectivity index (χ2v) is 8.33. The standard InChI is InChI=1S/C17H23BrN2O3S/c1-3-11(2)14-10-23-17(22)20(14)12-4-7-19(8-5-12)16(21)15-13(18)6-9-24-15/h6,9,11-12,14H,3-5,7-8,10H2,1-2H3. The topological polar surface area (TPSA) is 49.9 Å². The summed E-state index contributed by atoms with van der Waals surface area (Å²) in [5.41, 5.74) is 0. The minimum atomic E-state index is -0.189. The molecule has 3 rings (SSSR count). The maximum atomic E-state index is 12.6. The Morgan fingerprint density at radius 1 is 1.46 bits per heavy atom. The van der Waals surface area contributed by atoms with Gasteiger partial charge in [-0.3, -0.25) is 9.69 Å². The zero-order valence-corrected chi connectivity index (χ0v) is 16.4. The number of rotatable bonds is 4. The Bertz CT molecular complexity index is 613. The van der Waals surface area contributed by atoms with Crippen molar-refractivity contribution >= 4 is 39.3 Å². The molecule has 2 aliphatic rings. The molecule has 1 aromatic heterocycles. The van der Waals surface area contributed by atoms with Crippen LogP contribution in [0.4, 0.5) is 4.79 Å². The third-order valence-electron chi connectivity index (χ3n) is 5.20. The number of carbonyl (C=O) groups is 2. The van der Waals surface area contributed by atoms with Crippen LogP contribution in [0.1, 0.15) is 42.8 Å². The zero-order valence-electron chi connectivity index (χ0n) is 14.0. The summed E-state index contributed by atoms with van der Waals surface area (Å²) in [6.45, 7) is 6.18. The first-order valence-electron chi connectivity index (χ1n) is 8.50. The van der Waals surface area contributed by atoms with Crippen molar-refractivity contribution < 1.29 is 14.3 Å². The summed E-state index contributed by atoms with van der Waals surface area (Å²) in [6.07, 6.45) is 2.47. The predicted octanol–water partition coefficient (Wildman–Crippen LogP) is 3.98. The first-order chi connectivity index (χ1) is 11.5. The molecule has 132 valence electrons. The highest BCUT2D eigenvalue weighted by atomic mass is 79.9. The molecule has 1 aromatic rings. The van der Waals surface area contributed by atoms with E-state index in [4.69, 9.17) is 4.74 Å². The van der Waals surface area contributed by atoms with Crippen molar-refractivity contribution in [2.24, 2.45) is 5.92 Å². The number of halogens is 1. The third-order valence-corrected chi connectivity index (χ3v) is 7.03. The van der Waals surface area contributed by atoms with E-state index in [2.05, 4.69) is 29.8 Å². The van der Waals surface area contributed by atoms with Gasteiger partial charge in [-0.2, -0.15) is 0 Å². The smallest absolute Gasteiger partial charge is 0.410 e. The highest BCUT2D eigenvalue weighted by Crippen LogP contribution is 2.30. The number of likely N-dealkylation sites (tertiary alicyclic amines) is 1. The SMILES string of the molecule is CCC(C)C1COC(=O)N1C1CCN(C(=O)c2sccc2Br)CC1. The average Bonchev–Trinajstić information content (AvgIpc) is 3.19. The molecule has 0 bridgehead atoms. The summed E-state index contributed by atoms with van der Waals surface area (Å²) in [5, 5.41) is 1.92. The molecule has 2 amide bonds. The molecule has 2 atom stereocenters. The Morgan fingerprint density at radius 2 is 2.17 bits per heavy atom. The molecule has 0 radical (unpaired) electrons. The number of hydrogen-bond donors (Lipinski definition) is 0. The molecule has 7 heteroatoms. The van der Waals surface area contributed by atoms with E-state index in [1.165, 1.54) is 11.3 Å². The number of amides is 2. The van der Waals surface area contributed by atoms with E-state index in [1.807, 2.05) is 21.2 Å². The second kappa shape index (κ2) is 7.44. The quantitative estimate of drug-likeness (QED) is 0.748. The van der Waals surface area contributed by atoms with E-state index in [9.17, 15) is 9.59 Å². The van der Waals surface area contributed by atoms with Crippen LogP contribution in [0.15, 0.2) is 15.9 Å². The van der Waals surface area contributed by atoms with Crippen LogP contribution in [0, 0.1) is 5.92 Å². The van der Waals surface area contributed by atoms with Gasteiger partial charge in [-0.05, 0) is 46.1 Å². The summed E-state index contributed by atoms with van der Waals surface area (Å²) in [7, 11) is 0. The molecule has 0 aromatic carbocycles. The van der Waals surface area contributed by atoms with Crippen molar-refractivity contribution in [1.29, 1.82) is 0 Å². The van der Waals surface area contributed by atoms with Crippen molar-refractivity contribution in [3.8, 4) is 0 Å². The lowest BCUT2D eigenvalue weighted by Gasteiger charge is -2.39. The van der Waals surface area contributed by atoms with E-state index in [0.717, 1.165) is 28.6 Å². The molecule has 2 aliphatic heterocycles. The molecule has 2 fully saturated rings. The summed E-state index contributed by atoms with van der Waals surface area (Å²) < 4.78 is 6.17. The van der Waals surface area contributed by atoms with E-state index >= 15 is 0 Å². The van der Waals surface area contributed by atoms with Crippen LogP contribution in [0.5, 0.6) is 0 Å². The molecule has 0 aliphatic carbocycles. The Balaban J connectivity index is 1.63. The first-order valence-corrected chi connectivity index (χ1v) is 10.2. The van der Waals surface area contributed by atoms with Crippen molar-refractivity contribution in [1.82, 2.24) is 9.80 Å². The van der Waals surface area contributed by atoms with E-state index in [1.54, 1.807) is 0 Å². The van der Waals surface area contributed by atoms with E-state index in [0.29, 0.717) is 25.6 Å². The molecular weight excluding hydrogens is 392 g/mol. The normalized spacial score (nSPS) is 23.5. The molecule has 0 saturated carbocycles. The number of cyclic esters (lactones) is 1. The average molecular weight is 415 g/mol. The molecule has 0 spiro atoms. The van der Waals surface area contributed by atoms with Crippen LogP contribution >= 0.6 is 27.3 Å². The minimum absolute atomic E-state index is 0.0813. The second-order valence-electron chi connectivity index (χ2n) is 6.56. The molecule has 3 heterocycles. The molecule has 2 saturated heterocycles. The number of hydrogen-bond acceptors (Lipinski definition) is 4. The molecule has 2 unspecified atom stereocenters. The lowest BCUT2D eigenvalue weighted by molar-refractivity contribution is 0.0618. The van der Waals surface area contributed by atoms with Gasteiger partial charge in [0.25, 0.3) is 5.91 Å². The number of thiophene rings is 1. The molecular formula is C17H23BrN2O3S. The van der Waals surface area contributed by atoms with Gasteiger partial charge in [0.2, 0.25) is 0 Å². The summed E-state index contributed by atoms with van der Waals surface area (Å²) in [5.74, 6) is 0.510. The van der Waals surface area contributed by atoms with Crippen molar-refractivity contribution in [3.63, 3.8) is 0 Å². The first kappa shape index (κ1) is 17.7. The van der Waals surface area contributed by atoms with Crippen molar-refractivity contribution in [3.05, 3.63) is 20.8 Å². The lowest BCUT2D eigenvalue weighted by Crippen LogP contribution is -2.51. The zero-order chi connectivity index (χ0) is 17.3. The van der Waals surface area contributed by atoms with Crippen LogP contribution in [-0.4, -0.2) is 53.6 Å². The fourth-order valence-corrected chi connectivity index (χ4v) is 5.02. The number of nitrogens with zero attached hydrogens (tertiary/aromatic N) is 2. The van der Waals surface area contributed by atoms with Gasteiger partial charge in [0.1, 0.15) is 11.5 Å². The third kappa shape index (κ3) is 3.33. The van der Waals surface area contributed by atoms with Crippen molar-refractivity contribution in [2.45, 2.75) is 45.2 Å². The molecule has 5 nitrogen and oxygen atoms in total. The largest absolute Gasteiger partial charge is 0.447 e. The number of piperidine rings is 1. The highest BCUT2D eigenvalue weighted by molar-refractivity contribution is 9.10. The van der Waals surface area contributed by atoms with Gasteiger partial charge < -0.3 is 9.64 Å². The number of ether oxygens (including phenoxy) is 1. The number of carbonyl (C=O) groups excluding carboxylic acids is 2. The van der Waals surface area contributed by atoms with Crippen LogP contribution in [0.3, 0.4) is 0 Å². The summed E-state index contributed by atoms with van der Waals surface area (Å²) >= 11 is 4.89. The van der Waals surface area contributed by atoms with Crippen LogP contribution in [0.25, 0.3) is 0 Å². The summed E-state index contributed by atoms with van der Waals surface area (Å²) in [4.78, 5) is 29.4. The fraction of sp³-hybridized carbons (Fsp3) is 0.647. The van der Waals surface area contributed by atoms with Gasteiger partial charge in [0.05, 0.1) is 6.04 Å². The lowest BCUT2D eigenvalue weighted by atomic mass is 9.95. The van der Waals surface area contributed by atoms with Gasteiger partial charge in [0, 0.05) is 23.6 Å². The van der Waals surface area contributed by atoms with Gasteiger partial charge in [-0.1, -0.05) is 20.3 Å². The van der Waals surface area contributed by atoms with Gasteiger partial charge >= 0.3 is 6.09 Å². The Labute approximate surface area is 155 Å². The van der Waals surface area contributed by atoms with Crippen molar-refractivity contribution in [2.75, 3.05) is 19.7 Å². The Morgan fingerprint density at radius 3 is 2.75 bits per heavy atom. The Kier molecular flexibility index (Phi) is 5.49. The minimum Gasteiger partial charge on any atom is -0.447 e. The predicted molar refractivity (Wildman–Crippen MR) is 97.4 cm³/mol. The molecule has 0 N–H and O–H groups in total. The fourth-order valence-electron chi connectivity index (χ4n) is 3.51. The highest BCUT2D eigenvalue weighted by Gasteiger charge is 2.41. The maximum Gasteiger partial charge on any atom is 0.410 e. The van der Waals surface area contributed by atoms with Gasteiger partial charge in [0.15, 0.2) is 0 Å². The van der Waals surface area contributed by atoms with E-state index < -0.39 is 0 Å². The van der Waals surface area contributed by atoms with Crippen LogP contribution in [-0.2, 0) is 4.74 Å². The monoisotopic (exact) mass is 414 g/mol. The maximum absolute atomic E-state index is 12.6. The van der Waals surface area contributed by atoms with Crippen LogP contribution in [0.2, 0.25) is 0 Å². The molecule has 24 heavy (non-hydrogen) atoms. The summed E-state index contributed by atoms with van der Waals surface area (Å²) in [6, 6.07) is 2.25.